The molecule has 11 heteroatoms. The van der Waals surface area contributed by atoms with Crippen LogP contribution in [-0.2, 0) is 9.53 Å². The molecule has 2 aromatic carbocycles. The summed E-state index contributed by atoms with van der Waals surface area (Å²) in [6.45, 7) is 3.69. The highest BCUT2D eigenvalue weighted by Crippen LogP contribution is 2.38. The Bertz CT molecular complexity index is 1570. The van der Waals surface area contributed by atoms with E-state index in [0.717, 1.165) is 0 Å². The summed E-state index contributed by atoms with van der Waals surface area (Å²) in [7, 11) is 0. The van der Waals surface area contributed by atoms with Crippen LogP contribution >= 0.6 is 11.3 Å². The number of nitrogens with zero attached hydrogens (tertiary/aromatic N) is 3. The quantitative estimate of drug-likeness (QED) is 0.304. The molecule has 0 N–H and O–H groups in total. The number of fused-ring (bicyclic) bond motifs is 2. The molecule has 0 spiro atoms. The van der Waals surface area contributed by atoms with E-state index in [1.54, 1.807) is 50.3 Å². The average Bonchev–Trinajstić information content (AvgIpc) is 3.42. The van der Waals surface area contributed by atoms with Gasteiger partial charge < -0.3 is 14.2 Å². The summed E-state index contributed by atoms with van der Waals surface area (Å²) < 4.78 is 18.1. The van der Waals surface area contributed by atoms with Crippen molar-refractivity contribution in [3.8, 4) is 11.5 Å². The number of carbonyl (C=O) groups excluding carboxylic acids is 1. The zero-order valence-corrected chi connectivity index (χ0v) is 19.5. The van der Waals surface area contributed by atoms with Crippen LogP contribution in [0.15, 0.2) is 63.5 Å². The number of non-ortho nitro benzene ring substituents is 1. The summed E-state index contributed by atoms with van der Waals surface area (Å²) in [6, 6.07) is 10.4. The van der Waals surface area contributed by atoms with E-state index in [9.17, 15) is 19.7 Å². The van der Waals surface area contributed by atoms with Gasteiger partial charge in [-0.05, 0) is 55.3 Å². The van der Waals surface area contributed by atoms with Gasteiger partial charge in [-0.2, -0.15) is 0 Å². The number of carbonyl (C=O) groups is 1. The normalized spacial score (nSPS) is 16.6. The van der Waals surface area contributed by atoms with Gasteiger partial charge in [0.05, 0.1) is 33.4 Å². The topological polar surface area (TPSA) is 122 Å². The van der Waals surface area contributed by atoms with Gasteiger partial charge in [0.1, 0.15) is 0 Å². The van der Waals surface area contributed by atoms with E-state index in [4.69, 9.17) is 14.2 Å². The molecule has 0 saturated carbocycles. The summed E-state index contributed by atoms with van der Waals surface area (Å²) in [5, 5.41) is 10.9. The molecule has 0 unspecified atom stereocenters. The van der Waals surface area contributed by atoms with E-state index >= 15 is 0 Å². The number of rotatable bonds is 5. The van der Waals surface area contributed by atoms with E-state index in [1.165, 1.54) is 28.0 Å². The molecule has 2 aliphatic rings. The molecule has 0 saturated heterocycles. The first-order chi connectivity index (χ1) is 16.9. The second-order valence-electron chi connectivity index (χ2n) is 7.76. The lowest BCUT2D eigenvalue weighted by Crippen LogP contribution is -2.39. The number of thiazole rings is 1. The number of benzene rings is 2. The van der Waals surface area contributed by atoms with Crippen molar-refractivity contribution in [1.29, 1.82) is 0 Å². The lowest BCUT2D eigenvalue weighted by atomic mass is 9.95. The molecule has 3 heterocycles. The first-order valence-corrected chi connectivity index (χ1v) is 11.5. The fourth-order valence-corrected chi connectivity index (χ4v) is 5.08. The number of nitro groups is 1. The van der Waals surface area contributed by atoms with E-state index in [-0.39, 0.29) is 30.2 Å². The third-order valence-electron chi connectivity index (χ3n) is 5.63. The van der Waals surface area contributed by atoms with E-state index in [1.807, 2.05) is 0 Å². The Labute approximate surface area is 202 Å². The number of ether oxygens (including phenoxy) is 3. The number of allylic oxidation sites excluding steroid dienone is 1. The van der Waals surface area contributed by atoms with Crippen molar-refractivity contribution in [2.75, 3.05) is 13.4 Å². The van der Waals surface area contributed by atoms with E-state index in [2.05, 4.69) is 4.99 Å². The lowest BCUT2D eigenvalue weighted by molar-refractivity contribution is -0.384. The predicted octanol–water partition coefficient (Wildman–Crippen LogP) is 2.44. The molecule has 5 rings (SSSR count). The Kier molecular flexibility index (Phi) is 5.69. The van der Waals surface area contributed by atoms with Crippen LogP contribution in [-0.4, -0.2) is 28.9 Å². The Morgan fingerprint density at radius 2 is 2.00 bits per heavy atom. The van der Waals surface area contributed by atoms with E-state index in [0.29, 0.717) is 37.7 Å². The van der Waals surface area contributed by atoms with Gasteiger partial charge in [-0.1, -0.05) is 17.4 Å². The summed E-state index contributed by atoms with van der Waals surface area (Å²) in [5.74, 6) is 0.548. The third kappa shape index (κ3) is 3.99. The number of aromatic nitrogens is 1. The van der Waals surface area contributed by atoms with Gasteiger partial charge in [0, 0.05) is 12.1 Å². The highest BCUT2D eigenvalue weighted by molar-refractivity contribution is 7.07. The fraction of sp³-hybridized carbons (Fsp3) is 0.208. The van der Waals surface area contributed by atoms with Gasteiger partial charge in [-0.15, -0.1) is 0 Å². The van der Waals surface area contributed by atoms with Gasteiger partial charge in [-0.3, -0.25) is 19.5 Å². The average molecular weight is 493 g/mol. The molecule has 3 aromatic rings. The van der Waals surface area contributed by atoms with Crippen LogP contribution in [0.3, 0.4) is 0 Å². The van der Waals surface area contributed by atoms with Gasteiger partial charge in [0.25, 0.3) is 11.2 Å². The molecule has 1 aromatic heterocycles. The number of nitro benzene ring substituents is 1. The van der Waals surface area contributed by atoms with Crippen LogP contribution in [0.5, 0.6) is 11.5 Å². The zero-order valence-electron chi connectivity index (χ0n) is 18.7. The minimum absolute atomic E-state index is 0.0406. The summed E-state index contributed by atoms with van der Waals surface area (Å²) in [4.78, 5) is 42.0. The van der Waals surface area contributed by atoms with Crippen LogP contribution in [0, 0.1) is 10.1 Å². The van der Waals surface area contributed by atoms with Crippen molar-refractivity contribution in [2.45, 2.75) is 19.9 Å². The minimum atomic E-state index is -0.779. The monoisotopic (exact) mass is 493 g/mol. The molecule has 0 bridgehead atoms. The Morgan fingerprint density at radius 1 is 1.26 bits per heavy atom. The molecule has 2 aliphatic heterocycles. The molecular formula is C24H19N3O7S. The first kappa shape index (κ1) is 22.5. The van der Waals surface area contributed by atoms with E-state index < -0.39 is 16.9 Å². The maximum absolute atomic E-state index is 13.6. The highest BCUT2D eigenvalue weighted by atomic mass is 32.1. The Hall–Kier alpha value is -4.25. The van der Waals surface area contributed by atoms with Crippen molar-refractivity contribution in [2.24, 2.45) is 4.99 Å². The van der Waals surface area contributed by atoms with Crippen molar-refractivity contribution in [3.63, 3.8) is 0 Å². The predicted molar refractivity (Wildman–Crippen MR) is 126 cm³/mol. The molecule has 0 fully saturated rings. The van der Waals surface area contributed by atoms with Crippen LogP contribution < -0.4 is 24.4 Å². The SMILES string of the molecule is CCOC(=O)C1=C(C)N=c2s/c(=C\c3ccc([N+](=O)[O-])cc3)c(=O)n2[C@@H]1c1ccc2c(c1)OCO2. The minimum Gasteiger partial charge on any atom is -0.463 e. The molecule has 0 amide bonds. The summed E-state index contributed by atoms with van der Waals surface area (Å²) in [6.07, 6.45) is 1.65. The number of esters is 1. The standard InChI is InChI=1S/C24H19N3O7S/c1-3-32-23(29)20-13(2)25-24-26(21(20)15-6-9-17-18(11-15)34-12-33-17)22(28)19(35-24)10-14-4-7-16(8-5-14)27(30)31/h4-11,21H,3,12H2,1-2H3/b19-10-/t21-/m1/s1. The largest absolute Gasteiger partial charge is 0.463 e. The summed E-state index contributed by atoms with van der Waals surface area (Å²) >= 11 is 1.17. The van der Waals surface area contributed by atoms with Crippen molar-refractivity contribution < 1.29 is 23.9 Å². The molecule has 35 heavy (non-hydrogen) atoms. The van der Waals surface area contributed by atoms with Crippen LogP contribution in [0.25, 0.3) is 6.08 Å². The molecule has 0 aliphatic carbocycles. The fourth-order valence-electron chi connectivity index (χ4n) is 4.03. The molecule has 1 atom stereocenters. The van der Waals surface area contributed by atoms with Crippen LogP contribution in [0.2, 0.25) is 0 Å². The first-order valence-electron chi connectivity index (χ1n) is 10.7. The van der Waals surface area contributed by atoms with Gasteiger partial charge in [0.2, 0.25) is 6.79 Å². The maximum Gasteiger partial charge on any atom is 0.338 e. The van der Waals surface area contributed by atoms with Gasteiger partial charge in [0.15, 0.2) is 16.3 Å². The van der Waals surface area contributed by atoms with Crippen molar-refractivity contribution >= 4 is 29.1 Å². The highest BCUT2D eigenvalue weighted by Gasteiger charge is 2.34. The second-order valence-corrected chi connectivity index (χ2v) is 8.77. The van der Waals surface area contributed by atoms with Gasteiger partial charge in [-0.25, -0.2) is 9.79 Å². The van der Waals surface area contributed by atoms with Crippen molar-refractivity contribution in [3.05, 3.63) is 94.7 Å². The maximum atomic E-state index is 13.6. The molecule has 0 radical (unpaired) electrons. The van der Waals surface area contributed by atoms with Crippen LogP contribution in [0.1, 0.15) is 31.0 Å². The Morgan fingerprint density at radius 3 is 2.71 bits per heavy atom. The second kappa shape index (κ2) is 8.84. The summed E-state index contributed by atoms with van der Waals surface area (Å²) in [5.41, 5.74) is 1.61. The van der Waals surface area contributed by atoms with Gasteiger partial charge >= 0.3 is 5.97 Å². The molecule has 178 valence electrons. The van der Waals surface area contributed by atoms with Crippen LogP contribution in [0.4, 0.5) is 5.69 Å². The third-order valence-corrected chi connectivity index (χ3v) is 6.61. The number of hydrogen-bond acceptors (Lipinski definition) is 9. The van der Waals surface area contributed by atoms with Crippen molar-refractivity contribution in [1.82, 2.24) is 4.57 Å². The smallest absolute Gasteiger partial charge is 0.338 e. The lowest BCUT2D eigenvalue weighted by Gasteiger charge is -2.24. The Balaban J connectivity index is 1.68. The molecule has 10 nitrogen and oxygen atoms in total. The zero-order chi connectivity index (χ0) is 24.7. The number of hydrogen-bond donors (Lipinski definition) is 0. The molecular weight excluding hydrogens is 474 g/mol.